The molecule has 31 heavy (non-hydrogen) atoms. The van der Waals surface area contributed by atoms with E-state index in [0.29, 0.717) is 36.6 Å². The fourth-order valence-electron chi connectivity index (χ4n) is 4.86. The highest BCUT2D eigenvalue weighted by Crippen LogP contribution is 2.48. The molecule has 0 aliphatic carbocycles. The molecular formula is C25H30N2O4. The summed E-state index contributed by atoms with van der Waals surface area (Å²) in [5.41, 5.74) is 3.50. The van der Waals surface area contributed by atoms with Crippen LogP contribution in [0.3, 0.4) is 0 Å². The van der Waals surface area contributed by atoms with Crippen molar-refractivity contribution in [3.8, 4) is 11.5 Å². The lowest BCUT2D eigenvalue weighted by Crippen LogP contribution is -2.50. The van der Waals surface area contributed by atoms with Crippen LogP contribution in [-0.2, 0) is 11.2 Å². The number of carbonyl (C=O) groups is 2. The number of benzene rings is 2. The number of fused-ring (bicyclic) bond motifs is 4. The number of rotatable bonds is 6. The van der Waals surface area contributed by atoms with Gasteiger partial charge in [-0.3, -0.25) is 9.59 Å². The van der Waals surface area contributed by atoms with Crippen molar-refractivity contribution in [3.63, 3.8) is 0 Å². The zero-order valence-electron chi connectivity index (χ0n) is 18.7. The molecule has 0 fully saturated rings. The van der Waals surface area contributed by atoms with Gasteiger partial charge in [0.15, 0.2) is 11.5 Å². The maximum atomic E-state index is 13.7. The molecule has 0 saturated heterocycles. The molecule has 2 aromatic carbocycles. The standard InChI is InChI=1S/C25H30N2O4/c1-5-6-12-26(2)25(29)22-17-9-7-8-10-18(17)24(28)27-13-11-16-14-20(30-3)21(31-4)15-19(16)23(22)27/h7-10,14-15,22-23H,5-6,11-13H2,1-4H3/t22-,23+/m0/s1. The average molecular weight is 423 g/mol. The van der Waals surface area contributed by atoms with Crippen molar-refractivity contribution in [1.29, 1.82) is 0 Å². The maximum absolute atomic E-state index is 13.7. The molecule has 2 amide bonds. The van der Waals surface area contributed by atoms with E-state index in [-0.39, 0.29) is 17.9 Å². The van der Waals surface area contributed by atoms with Gasteiger partial charge in [0.2, 0.25) is 5.91 Å². The summed E-state index contributed by atoms with van der Waals surface area (Å²) in [7, 11) is 5.09. The molecule has 0 aromatic heterocycles. The van der Waals surface area contributed by atoms with Crippen LogP contribution in [0, 0.1) is 0 Å². The normalized spacial score (nSPS) is 19.2. The Morgan fingerprint density at radius 2 is 1.84 bits per heavy atom. The van der Waals surface area contributed by atoms with E-state index in [2.05, 4.69) is 6.92 Å². The second kappa shape index (κ2) is 8.61. The third-order valence-electron chi connectivity index (χ3n) is 6.51. The zero-order valence-corrected chi connectivity index (χ0v) is 18.7. The van der Waals surface area contributed by atoms with Gasteiger partial charge in [-0.15, -0.1) is 0 Å². The first-order valence-corrected chi connectivity index (χ1v) is 10.9. The molecule has 4 rings (SSSR count). The third kappa shape index (κ3) is 3.54. The van der Waals surface area contributed by atoms with Crippen LogP contribution in [0.25, 0.3) is 0 Å². The minimum absolute atomic E-state index is 0.0127. The molecule has 0 radical (unpaired) electrons. The van der Waals surface area contributed by atoms with Gasteiger partial charge in [0, 0.05) is 25.7 Å². The van der Waals surface area contributed by atoms with Crippen LogP contribution in [0.15, 0.2) is 36.4 Å². The van der Waals surface area contributed by atoms with E-state index in [0.717, 1.165) is 29.5 Å². The number of ether oxygens (including phenoxy) is 2. The predicted molar refractivity (Wildman–Crippen MR) is 119 cm³/mol. The highest BCUT2D eigenvalue weighted by molar-refractivity contribution is 6.01. The van der Waals surface area contributed by atoms with Gasteiger partial charge >= 0.3 is 0 Å². The molecular weight excluding hydrogens is 392 g/mol. The Labute approximate surface area is 183 Å². The first kappa shape index (κ1) is 21.2. The minimum atomic E-state index is -0.451. The summed E-state index contributed by atoms with van der Waals surface area (Å²) in [5, 5.41) is 0. The fourth-order valence-corrected chi connectivity index (χ4v) is 4.86. The van der Waals surface area contributed by atoms with Crippen molar-refractivity contribution < 1.29 is 19.1 Å². The van der Waals surface area contributed by atoms with Gasteiger partial charge in [-0.1, -0.05) is 31.5 Å². The molecule has 2 aromatic rings. The van der Waals surface area contributed by atoms with Crippen LogP contribution in [0.1, 0.15) is 58.8 Å². The summed E-state index contributed by atoms with van der Waals surface area (Å²) in [4.78, 5) is 30.8. The first-order valence-electron chi connectivity index (χ1n) is 10.9. The van der Waals surface area contributed by atoms with Gasteiger partial charge in [-0.05, 0) is 47.7 Å². The van der Waals surface area contributed by atoms with E-state index < -0.39 is 5.92 Å². The molecule has 6 nitrogen and oxygen atoms in total. The van der Waals surface area contributed by atoms with Crippen LogP contribution in [0.2, 0.25) is 0 Å². The Hall–Kier alpha value is -3.02. The number of unbranched alkanes of at least 4 members (excludes halogenated alkanes) is 1. The number of amides is 2. The number of nitrogens with zero attached hydrogens (tertiary/aromatic N) is 2. The predicted octanol–water partition coefficient (Wildman–Crippen LogP) is 3.80. The van der Waals surface area contributed by atoms with Crippen molar-refractivity contribution in [1.82, 2.24) is 9.80 Å². The summed E-state index contributed by atoms with van der Waals surface area (Å²) in [5.74, 6) is 0.861. The molecule has 0 bridgehead atoms. The van der Waals surface area contributed by atoms with Crippen molar-refractivity contribution in [2.45, 2.75) is 38.1 Å². The summed E-state index contributed by atoms with van der Waals surface area (Å²) in [6.45, 7) is 3.39. The SMILES string of the molecule is CCCCN(C)C(=O)[C@H]1c2ccccc2C(=O)N2CCc3cc(OC)c(OC)cc3[C@H]12. The second-order valence-electron chi connectivity index (χ2n) is 8.28. The van der Waals surface area contributed by atoms with Crippen molar-refractivity contribution in [3.05, 3.63) is 58.7 Å². The van der Waals surface area contributed by atoms with E-state index in [9.17, 15) is 9.59 Å². The highest BCUT2D eigenvalue weighted by atomic mass is 16.5. The lowest BCUT2D eigenvalue weighted by molar-refractivity contribution is -0.133. The van der Waals surface area contributed by atoms with Gasteiger partial charge < -0.3 is 19.3 Å². The van der Waals surface area contributed by atoms with Gasteiger partial charge in [0.1, 0.15) is 0 Å². The summed E-state index contributed by atoms with van der Waals surface area (Å²) < 4.78 is 11.0. The third-order valence-corrected chi connectivity index (χ3v) is 6.51. The van der Waals surface area contributed by atoms with Crippen molar-refractivity contribution >= 4 is 11.8 Å². The Morgan fingerprint density at radius 1 is 1.13 bits per heavy atom. The van der Waals surface area contributed by atoms with Crippen LogP contribution in [0.5, 0.6) is 11.5 Å². The lowest BCUT2D eigenvalue weighted by atomic mass is 9.75. The monoisotopic (exact) mass is 422 g/mol. The van der Waals surface area contributed by atoms with E-state index in [1.54, 1.807) is 14.2 Å². The molecule has 2 aliphatic heterocycles. The molecule has 6 heteroatoms. The van der Waals surface area contributed by atoms with Crippen molar-refractivity contribution in [2.24, 2.45) is 0 Å². The largest absolute Gasteiger partial charge is 0.493 e. The molecule has 2 atom stereocenters. The maximum Gasteiger partial charge on any atom is 0.254 e. The molecule has 2 heterocycles. The van der Waals surface area contributed by atoms with E-state index in [4.69, 9.17) is 9.47 Å². The summed E-state index contributed by atoms with van der Waals surface area (Å²) in [6.07, 6.45) is 2.69. The number of hydrogen-bond acceptors (Lipinski definition) is 4. The Bertz CT molecular complexity index is 1000. The van der Waals surface area contributed by atoms with Gasteiger partial charge in [-0.25, -0.2) is 0 Å². The number of carbonyl (C=O) groups excluding carboxylic acids is 2. The molecule has 0 N–H and O–H groups in total. The number of methoxy groups -OCH3 is 2. The molecule has 164 valence electrons. The summed E-state index contributed by atoms with van der Waals surface area (Å²) >= 11 is 0. The molecule has 0 spiro atoms. The second-order valence-corrected chi connectivity index (χ2v) is 8.28. The van der Waals surface area contributed by atoms with Gasteiger partial charge in [0.05, 0.1) is 26.2 Å². The van der Waals surface area contributed by atoms with Crippen molar-refractivity contribution in [2.75, 3.05) is 34.4 Å². The van der Waals surface area contributed by atoms with Gasteiger partial charge in [-0.2, -0.15) is 0 Å². The van der Waals surface area contributed by atoms with Gasteiger partial charge in [0.25, 0.3) is 5.91 Å². The highest BCUT2D eigenvalue weighted by Gasteiger charge is 2.47. The Balaban J connectivity index is 1.87. The topological polar surface area (TPSA) is 59.1 Å². The van der Waals surface area contributed by atoms with E-state index in [1.165, 1.54) is 0 Å². The Morgan fingerprint density at radius 3 is 2.55 bits per heavy atom. The summed E-state index contributed by atoms with van der Waals surface area (Å²) in [6, 6.07) is 11.1. The van der Waals surface area contributed by atoms with E-state index in [1.807, 2.05) is 53.2 Å². The van der Waals surface area contributed by atoms with Crippen LogP contribution >= 0.6 is 0 Å². The van der Waals surface area contributed by atoms with E-state index >= 15 is 0 Å². The molecule has 0 saturated carbocycles. The Kier molecular flexibility index (Phi) is 5.90. The van der Waals surface area contributed by atoms with Crippen LogP contribution in [-0.4, -0.2) is 56.0 Å². The fraction of sp³-hybridized carbons (Fsp3) is 0.440. The number of hydrogen-bond donors (Lipinski definition) is 0. The smallest absolute Gasteiger partial charge is 0.254 e. The zero-order chi connectivity index (χ0) is 22.1. The van der Waals surface area contributed by atoms with Crippen LogP contribution in [0.4, 0.5) is 0 Å². The molecule has 2 aliphatic rings. The minimum Gasteiger partial charge on any atom is -0.493 e. The van der Waals surface area contributed by atoms with Crippen LogP contribution < -0.4 is 9.47 Å². The molecule has 0 unspecified atom stereocenters. The average Bonchev–Trinajstić information content (AvgIpc) is 2.81. The first-order chi connectivity index (χ1) is 15.0. The quantitative estimate of drug-likeness (QED) is 0.711. The lowest BCUT2D eigenvalue weighted by Gasteiger charge is -2.46. The number of likely N-dealkylation sites (N-methyl/N-ethyl adjacent to an activating group) is 1.